The number of amidine groups is 1. The van der Waals surface area contributed by atoms with E-state index in [-0.39, 0.29) is 11.7 Å². The molecule has 0 aromatic carbocycles. The van der Waals surface area contributed by atoms with Crippen LogP contribution in [-0.4, -0.2) is 23.5 Å². The van der Waals surface area contributed by atoms with Gasteiger partial charge in [-0.25, -0.2) is 0 Å². The Kier molecular flexibility index (Phi) is 2.54. The maximum atomic E-state index is 11.7. The normalized spacial score (nSPS) is 23.6. The van der Waals surface area contributed by atoms with Crippen LogP contribution in [0, 0.1) is 11.3 Å². The van der Waals surface area contributed by atoms with Crippen molar-refractivity contribution in [2.24, 2.45) is 22.2 Å². The summed E-state index contributed by atoms with van der Waals surface area (Å²) in [5.74, 6) is 0.772. The summed E-state index contributed by atoms with van der Waals surface area (Å²) in [4.78, 5) is 11.7. The van der Waals surface area contributed by atoms with Crippen molar-refractivity contribution < 1.29 is 10.0 Å². The minimum Gasteiger partial charge on any atom is -0.409 e. The second-order valence-electron chi connectivity index (χ2n) is 4.56. The average Bonchev–Trinajstić information content (AvgIpc) is 3.09. The summed E-state index contributed by atoms with van der Waals surface area (Å²) < 4.78 is 0. The highest BCUT2D eigenvalue weighted by molar-refractivity contribution is 6.09. The molecule has 0 unspecified atom stereocenters. The maximum absolute atomic E-state index is 11.7. The molecule has 2 aliphatic carbocycles. The molecule has 15 heavy (non-hydrogen) atoms. The van der Waals surface area contributed by atoms with Crippen molar-refractivity contribution in [3.05, 3.63) is 0 Å². The molecular formula is C10H17N3O2. The van der Waals surface area contributed by atoms with E-state index in [0.717, 1.165) is 12.3 Å². The van der Waals surface area contributed by atoms with Crippen LogP contribution in [0.1, 0.15) is 32.1 Å². The fraction of sp³-hybridized carbons (Fsp3) is 0.800. The van der Waals surface area contributed by atoms with Gasteiger partial charge in [0.1, 0.15) is 5.41 Å². The molecule has 0 aromatic rings. The first-order valence-electron chi connectivity index (χ1n) is 5.45. The quantitative estimate of drug-likeness (QED) is 0.267. The van der Waals surface area contributed by atoms with Crippen LogP contribution in [0.2, 0.25) is 0 Å². The van der Waals surface area contributed by atoms with E-state index in [9.17, 15) is 4.79 Å². The van der Waals surface area contributed by atoms with Gasteiger partial charge in [-0.05, 0) is 25.2 Å². The molecule has 0 aromatic heterocycles. The Morgan fingerprint density at radius 1 is 1.53 bits per heavy atom. The van der Waals surface area contributed by atoms with Gasteiger partial charge in [-0.2, -0.15) is 0 Å². The number of carbonyl (C=O) groups excluding carboxylic acids is 1. The molecule has 0 saturated heterocycles. The van der Waals surface area contributed by atoms with Gasteiger partial charge in [-0.1, -0.05) is 18.0 Å². The van der Waals surface area contributed by atoms with Gasteiger partial charge >= 0.3 is 0 Å². The van der Waals surface area contributed by atoms with Crippen LogP contribution in [0.15, 0.2) is 5.16 Å². The van der Waals surface area contributed by atoms with Crippen molar-refractivity contribution in [3.8, 4) is 0 Å². The second kappa shape index (κ2) is 3.72. The van der Waals surface area contributed by atoms with Crippen molar-refractivity contribution in [2.45, 2.75) is 32.1 Å². The Bertz CT molecular complexity index is 293. The highest BCUT2D eigenvalue weighted by Gasteiger charge is 2.54. The van der Waals surface area contributed by atoms with E-state index >= 15 is 0 Å². The standard InChI is InChI=1S/C10H17N3O2/c11-8(13-15)10(4-5-10)9(14)12-6-3-7-1-2-7/h7,15H,1-6H2,(H2,11,13)(H,12,14). The monoisotopic (exact) mass is 211 g/mol. The van der Waals surface area contributed by atoms with Gasteiger partial charge in [-0.15, -0.1) is 0 Å². The van der Waals surface area contributed by atoms with Gasteiger partial charge in [0.2, 0.25) is 5.91 Å². The van der Waals surface area contributed by atoms with Gasteiger partial charge < -0.3 is 16.3 Å². The van der Waals surface area contributed by atoms with Crippen molar-refractivity contribution in [3.63, 3.8) is 0 Å². The second-order valence-corrected chi connectivity index (χ2v) is 4.56. The van der Waals surface area contributed by atoms with Crippen LogP contribution in [0.4, 0.5) is 0 Å². The number of rotatable bonds is 5. The Labute approximate surface area is 88.7 Å². The lowest BCUT2D eigenvalue weighted by Gasteiger charge is -2.13. The summed E-state index contributed by atoms with van der Waals surface area (Å²) in [6.07, 6.45) is 5.02. The lowest BCUT2D eigenvalue weighted by atomic mass is 10.1. The summed E-state index contributed by atoms with van der Waals surface area (Å²) in [5, 5.41) is 14.4. The van der Waals surface area contributed by atoms with E-state index in [1.54, 1.807) is 0 Å². The molecule has 5 nitrogen and oxygen atoms in total. The maximum Gasteiger partial charge on any atom is 0.233 e. The fourth-order valence-corrected chi connectivity index (χ4v) is 1.79. The van der Waals surface area contributed by atoms with E-state index in [1.807, 2.05) is 0 Å². The van der Waals surface area contributed by atoms with Crippen LogP contribution in [-0.2, 0) is 4.79 Å². The molecule has 4 N–H and O–H groups in total. The minimum absolute atomic E-state index is 0.0476. The highest BCUT2D eigenvalue weighted by Crippen LogP contribution is 2.46. The molecule has 1 amide bonds. The average molecular weight is 211 g/mol. The number of carbonyl (C=O) groups is 1. The van der Waals surface area contributed by atoms with Crippen LogP contribution < -0.4 is 11.1 Å². The number of amides is 1. The molecule has 0 aliphatic heterocycles. The molecular weight excluding hydrogens is 194 g/mol. The molecule has 2 rings (SSSR count). The van der Waals surface area contributed by atoms with Gasteiger partial charge in [-0.3, -0.25) is 4.79 Å². The first-order chi connectivity index (χ1) is 7.19. The lowest BCUT2D eigenvalue weighted by Crippen LogP contribution is -2.41. The zero-order valence-electron chi connectivity index (χ0n) is 8.70. The topological polar surface area (TPSA) is 87.7 Å². The highest BCUT2D eigenvalue weighted by atomic mass is 16.4. The number of nitrogens with one attached hydrogen (secondary N) is 1. The largest absolute Gasteiger partial charge is 0.409 e. The van der Waals surface area contributed by atoms with E-state index < -0.39 is 5.41 Å². The summed E-state index contributed by atoms with van der Waals surface area (Å²) in [6.45, 7) is 0.712. The SMILES string of the molecule is NC(=NO)C1(C(=O)NCCC2CC2)CC1. The number of hydrogen-bond acceptors (Lipinski definition) is 3. The zero-order chi connectivity index (χ0) is 10.9. The van der Waals surface area contributed by atoms with Crippen LogP contribution in [0.3, 0.4) is 0 Å². The zero-order valence-corrected chi connectivity index (χ0v) is 8.70. The molecule has 84 valence electrons. The van der Waals surface area contributed by atoms with Gasteiger partial charge in [0.05, 0.1) is 0 Å². The first-order valence-corrected chi connectivity index (χ1v) is 5.45. The van der Waals surface area contributed by atoms with Gasteiger partial charge in [0.15, 0.2) is 5.84 Å². The Hall–Kier alpha value is -1.26. The summed E-state index contributed by atoms with van der Waals surface area (Å²) in [7, 11) is 0. The molecule has 0 atom stereocenters. The Morgan fingerprint density at radius 2 is 2.20 bits per heavy atom. The van der Waals surface area contributed by atoms with E-state index in [2.05, 4.69) is 10.5 Å². The third-order valence-corrected chi connectivity index (χ3v) is 3.32. The van der Waals surface area contributed by atoms with E-state index in [4.69, 9.17) is 10.9 Å². The molecule has 2 fully saturated rings. The minimum atomic E-state index is -0.696. The van der Waals surface area contributed by atoms with Crippen LogP contribution >= 0.6 is 0 Å². The number of oxime groups is 1. The first kappa shape index (κ1) is 10.3. The molecule has 0 spiro atoms. The Morgan fingerprint density at radius 3 is 2.67 bits per heavy atom. The molecule has 2 aliphatic rings. The summed E-state index contributed by atoms with van der Waals surface area (Å²) in [5.41, 5.74) is 4.80. The third kappa shape index (κ3) is 2.06. The smallest absolute Gasteiger partial charge is 0.233 e. The predicted molar refractivity (Wildman–Crippen MR) is 55.4 cm³/mol. The molecule has 0 radical (unpaired) electrons. The summed E-state index contributed by atoms with van der Waals surface area (Å²) >= 11 is 0. The van der Waals surface area contributed by atoms with Gasteiger partial charge in [0, 0.05) is 6.54 Å². The van der Waals surface area contributed by atoms with Crippen molar-refractivity contribution in [2.75, 3.05) is 6.54 Å². The van der Waals surface area contributed by atoms with Crippen molar-refractivity contribution in [1.29, 1.82) is 0 Å². The van der Waals surface area contributed by atoms with Crippen LogP contribution in [0.5, 0.6) is 0 Å². The number of nitrogens with two attached hydrogens (primary N) is 1. The number of hydrogen-bond donors (Lipinski definition) is 3. The summed E-state index contributed by atoms with van der Waals surface area (Å²) in [6, 6.07) is 0. The molecule has 0 bridgehead atoms. The van der Waals surface area contributed by atoms with E-state index in [1.165, 1.54) is 12.8 Å². The van der Waals surface area contributed by atoms with Crippen molar-refractivity contribution >= 4 is 11.7 Å². The van der Waals surface area contributed by atoms with E-state index in [0.29, 0.717) is 19.4 Å². The predicted octanol–water partition coefficient (Wildman–Crippen LogP) is 0.429. The molecule has 5 heteroatoms. The lowest BCUT2D eigenvalue weighted by molar-refractivity contribution is -0.124. The Balaban J connectivity index is 1.79. The van der Waals surface area contributed by atoms with Crippen LogP contribution in [0.25, 0.3) is 0 Å². The molecule has 0 heterocycles. The molecule has 2 saturated carbocycles. The fourth-order valence-electron chi connectivity index (χ4n) is 1.79. The van der Waals surface area contributed by atoms with Gasteiger partial charge in [0.25, 0.3) is 0 Å². The third-order valence-electron chi connectivity index (χ3n) is 3.32. The van der Waals surface area contributed by atoms with Crippen molar-refractivity contribution in [1.82, 2.24) is 5.32 Å². The number of nitrogens with zero attached hydrogens (tertiary/aromatic N) is 1.